The molecular formula is C27H28FN5O3. The lowest BCUT2D eigenvalue weighted by molar-refractivity contribution is 0.0793. The van der Waals surface area contributed by atoms with E-state index in [1.807, 2.05) is 37.4 Å². The molecule has 3 heterocycles. The van der Waals surface area contributed by atoms with Gasteiger partial charge in [-0.1, -0.05) is 18.6 Å². The zero-order valence-corrected chi connectivity index (χ0v) is 20.1. The molecule has 4 aromatic rings. The van der Waals surface area contributed by atoms with E-state index < -0.39 is 0 Å². The van der Waals surface area contributed by atoms with Crippen molar-refractivity contribution in [2.24, 2.45) is 0 Å². The molecule has 0 spiro atoms. The van der Waals surface area contributed by atoms with Crippen LogP contribution in [0.5, 0.6) is 11.5 Å². The highest BCUT2D eigenvalue weighted by Crippen LogP contribution is 2.35. The average molecular weight is 490 g/mol. The minimum atomic E-state index is -0.274. The van der Waals surface area contributed by atoms with Crippen LogP contribution in [0, 0.1) is 5.82 Å². The number of nitrogens with one attached hydrogen (secondary N) is 2. The molecule has 1 aliphatic rings. The number of aromatic nitrogens is 4. The molecule has 36 heavy (non-hydrogen) atoms. The number of aryl methyl sites for hydroxylation is 1. The largest absolute Gasteiger partial charge is 0.486 e. The Morgan fingerprint density at radius 3 is 2.72 bits per heavy atom. The summed E-state index contributed by atoms with van der Waals surface area (Å²) in [7, 11) is 1.81. The summed E-state index contributed by atoms with van der Waals surface area (Å²) in [6.45, 7) is 1.67. The molecule has 1 amide bonds. The zero-order chi connectivity index (χ0) is 24.9. The highest BCUT2D eigenvalue weighted by Gasteiger charge is 2.21. The summed E-state index contributed by atoms with van der Waals surface area (Å²) in [5, 5.41) is 14.4. The van der Waals surface area contributed by atoms with E-state index in [9.17, 15) is 9.18 Å². The van der Waals surface area contributed by atoms with E-state index in [0.29, 0.717) is 42.5 Å². The minimum Gasteiger partial charge on any atom is -0.486 e. The molecule has 0 saturated carbocycles. The van der Waals surface area contributed by atoms with E-state index >= 15 is 0 Å². The molecule has 0 fully saturated rings. The van der Waals surface area contributed by atoms with Gasteiger partial charge in [-0.3, -0.25) is 15.0 Å². The fraction of sp³-hybridized carbons (Fsp3) is 0.296. The van der Waals surface area contributed by atoms with Crippen LogP contribution < -0.4 is 9.47 Å². The number of benzene rings is 2. The lowest BCUT2D eigenvalue weighted by Gasteiger charge is -2.19. The quantitative estimate of drug-likeness (QED) is 0.327. The van der Waals surface area contributed by atoms with E-state index in [4.69, 9.17) is 9.47 Å². The first-order valence-corrected chi connectivity index (χ1v) is 12.1. The molecule has 1 aliphatic heterocycles. The summed E-state index contributed by atoms with van der Waals surface area (Å²) in [4.78, 5) is 14.8. The molecule has 0 radical (unpaired) electrons. The van der Waals surface area contributed by atoms with Gasteiger partial charge < -0.3 is 14.4 Å². The standard InChI is InChI=1S/C27H28FN5O3/c1-33(11-4-2-3-8-21-16-23(31-30-21)18-6-5-7-20(28)14-18)27(34)22-17-29-32-26(22)19-9-10-24-25(15-19)36-13-12-35-24/h5-7,9-10,14-17H,2-4,8,11-13H2,1H3,(H,29,32)(H,30,31). The van der Waals surface area contributed by atoms with Gasteiger partial charge >= 0.3 is 0 Å². The van der Waals surface area contributed by atoms with Gasteiger partial charge in [-0.15, -0.1) is 0 Å². The van der Waals surface area contributed by atoms with Crippen molar-refractivity contribution in [3.05, 3.63) is 71.8 Å². The molecule has 2 N–H and O–H groups in total. The highest BCUT2D eigenvalue weighted by atomic mass is 19.1. The number of nitrogens with zero attached hydrogens (tertiary/aromatic N) is 3. The highest BCUT2D eigenvalue weighted by molar-refractivity contribution is 5.99. The van der Waals surface area contributed by atoms with Crippen molar-refractivity contribution in [3.63, 3.8) is 0 Å². The molecule has 0 aliphatic carbocycles. The number of carbonyl (C=O) groups excluding carboxylic acids is 1. The van der Waals surface area contributed by atoms with Gasteiger partial charge in [0.05, 0.1) is 23.1 Å². The number of ether oxygens (including phenoxy) is 2. The molecule has 2 aromatic carbocycles. The minimum absolute atomic E-state index is 0.0815. The van der Waals surface area contributed by atoms with Crippen LogP contribution in [-0.2, 0) is 6.42 Å². The predicted molar refractivity (Wildman–Crippen MR) is 134 cm³/mol. The summed E-state index contributed by atoms with van der Waals surface area (Å²) in [6, 6.07) is 14.0. The Balaban J connectivity index is 1.11. The Morgan fingerprint density at radius 1 is 1.00 bits per heavy atom. The normalized spacial score (nSPS) is 12.5. The number of hydrogen-bond donors (Lipinski definition) is 2. The van der Waals surface area contributed by atoms with Crippen molar-refractivity contribution < 1.29 is 18.7 Å². The van der Waals surface area contributed by atoms with Gasteiger partial charge in [0.2, 0.25) is 0 Å². The first-order chi connectivity index (χ1) is 17.6. The molecule has 9 heteroatoms. The third kappa shape index (κ3) is 5.25. The second-order valence-electron chi connectivity index (χ2n) is 8.84. The van der Waals surface area contributed by atoms with Crippen LogP contribution in [0.2, 0.25) is 0 Å². The molecule has 186 valence electrons. The molecule has 0 bridgehead atoms. The average Bonchev–Trinajstić information content (AvgIpc) is 3.58. The Morgan fingerprint density at radius 2 is 1.86 bits per heavy atom. The van der Waals surface area contributed by atoms with Crippen LogP contribution >= 0.6 is 0 Å². The second kappa shape index (κ2) is 10.6. The van der Waals surface area contributed by atoms with Crippen LogP contribution in [0.4, 0.5) is 4.39 Å². The molecule has 8 nitrogen and oxygen atoms in total. The van der Waals surface area contributed by atoms with Gasteiger partial charge in [0.25, 0.3) is 5.91 Å². The van der Waals surface area contributed by atoms with Crippen LogP contribution in [0.1, 0.15) is 35.3 Å². The van der Waals surface area contributed by atoms with Crippen molar-refractivity contribution in [2.45, 2.75) is 25.7 Å². The molecule has 5 rings (SSSR count). The lowest BCUT2D eigenvalue weighted by Crippen LogP contribution is -2.27. The van der Waals surface area contributed by atoms with Crippen LogP contribution in [0.15, 0.2) is 54.7 Å². The maximum absolute atomic E-state index is 13.4. The summed E-state index contributed by atoms with van der Waals surface area (Å²) in [5.41, 5.74) is 4.52. The number of rotatable bonds is 9. The van der Waals surface area contributed by atoms with Crippen molar-refractivity contribution in [1.29, 1.82) is 0 Å². The van der Waals surface area contributed by atoms with Gasteiger partial charge in [-0.2, -0.15) is 10.2 Å². The first kappa shape index (κ1) is 23.6. The van der Waals surface area contributed by atoms with Crippen molar-refractivity contribution in [3.8, 4) is 34.0 Å². The summed E-state index contributed by atoms with van der Waals surface area (Å²) in [6.07, 6.45) is 5.22. The number of unbranched alkanes of at least 4 members (excludes halogenated alkanes) is 2. The molecule has 2 aromatic heterocycles. The van der Waals surface area contributed by atoms with Crippen LogP contribution in [0.3, 0.4) is 0 Å². The van der Waals surface area contributed by atoms with Crippen molar-refractivity contribution in [1.82, 2.24) is 25.3 Å². The van der Waals surface area contributed by atoms with Gasteiger partial charge in [0.15, 0.2) is 11.5 Å². The van der Waals surface area contributed by atoms with Gasteiger partial charge in [0, 0.05) is 30.4 Å². The smallest absolute Gasteiger partial charge is 0.257 e. The van der Waals surface area contributed by atoms with E-state index in [1.54, 1.807) is 17.2 Å². The number of aromatic amines is 2. The second-order valence-corrected chi connectivity index (χ2v) is 8.84. The fourth-order valence-corrected chi connectivity index (χ4v) is 4.30. The van der Waals surface area contributed by atoms with Crippen molar-refractivity contribution in [2.75, 3.05) is 26.8 Å². The van der Waals surface area contributed by atoms with Gasteiger partial charge in [-0.25, -0.2) is 4.39 Å². The number of amides is 1. The zero-order valence-electron chi connectivity index (χ0n) is 20.1. The Bertz CT molecular complexity index is 1350. The number of hydrogen-bond acceptors (Lipinski definition) is 5. The fourth-order valence-electron chi connectivity index (χ4n) is 4.30. The lowest BCUT2D eigenvalue weighted by atomic mass is 10.1. The molecular weight excluding hydrogens is 461 g/mol. The number of carbonyl (C=O) groups is 1. The van der Waals surface area contributed by atoms with E-state index in [2.05, 4.69) is 20.4 Å². The number of fused-ring (bicyclic) bond motifs is 1. The molecule has 0 atom stereocenters. The van der Waals surface area contributed by atoms with Gasteiger partial charge in [0.1, 0.15) is 19.0 Å². The monoisotopic (exact) mass is 489 g/mol. The number of H-pyrrole nitrogens is 2. The third-order valence-corrected chi connectivity index (χ3v) is 6.24. The Labute approximate surface area is 208 Å². The molecule has 0 unspecified atom stereocenters. The van der Waals surface area contributed by atoms with Crippen LogP contribution in [-0.4, -0.2) is 58.0 Å². The predicted octanol–water partition coefficient (Wildman–Crippen LogP) is 4.86. The maximum Gasteiger partial charge on any atom is 0.257 e. The van der Waals surface area contributed by atoms with Gasteiger partial charge in [-0.05, 0) is 55.7 Å². The first-order valence-electron chi connectivity index (χ1n) is 12.1. The summed E-state index contributed by atoms with van der Waals surface area (Å²) < 4.78 is 24.7. The molecule has 0 saturated heterocycles. The van der Waals surface area contributed by atoms with E-state index in [1.165, 1.54) is 12.1 Å². The summed E-state index contributed by atoms with van der Waals surface area (Å²) in [5.74, 6) is 1.02. The van der Waals surface area contributed by atoms with E-state index in [0.717, 1.165) is 48.2 Å². The van der Waals surface area contributed by atoms with E-state index in [-0.39, 0.29) is 11.7 Å². The van der Waals surface area contributed by atoms with Crippen molar-refractivity contribution >= 4 is 5.91 Å². The SMILES string of the molecule is CN(CCCCCc1cc(-c2cccc(F)c2)n[nH]1)C(=O)c1cn[nH]c1-c1ccc2c(c1)OCCO2. The Hall–Kier alpha value is -4.14. The topological polar surface area (TPSA) is 96.1 Å². The Kier molecular flexibility index (Phi) is 6.97. The number of halogens is 1. The third-order valence-electron chi connectivity index (χ3n) is 6.24. The summed E-state index contributed by atoms with van der Waals surface area (Å²) >= 11 is 0. The van der Waals surface area contributed by atoms with Crippen LogP contribution in [0.25, 0.3) is 22.5 Å². The maximum atomic E-state index is 13.4.